The van der Waals surface area contributed by atoms with Gasteiger partial charge in [0.2, 0.25) is 0 Å². The average Bonchev–Trinajstić information content (AvgIpc) is 2.33. The fraction of sp³-hybridized carbons (Fsp3) is 0.917. The lowest BCUT2D eigenvalue weighted by atomic mass is 10.2. The largest absolute Gasteiger partial charge is 0.449 e. The summed E-state index contributed by atoms with van der Waals surface area (Å²) in [6, 6.07) is 0. The van der Waals surface area contributed by atoms with Crippen LogP contribution in [0.2, 0.25) is 0 Å². The van der Waals surface area contributed by atoms with Crippen LogP contribution in [0.1, 0.15) is 27.7 Å². The highest BCUT2D eigenvalue weighted by Gasteiger charge is 2.02. The Hall–Kier alpha value is -0.810. The number of rotatable bonds is 8. The first-order valence-electron chi connectivity index (χ1n) is 6.14. The summed E-state index contributed by atoms with van der Waals surface area (Å²) in [5.41, 5.74) is 0. The van der Waals surface area contributed by atoms with Crippen molar-refractivity contribution in [1.82, 2.24) is 5.32 Å². The molecule has 0 aliphatic heterocycles. The molecule has 0 radical (unpaired) electrons. The highest BCUT2D eigenvalue weighted by Crippen LogP contribution is 1.92. The van der Waals surface area contributed by atoms with Crippen LogP contribution >= 0.6 is 0 Å². The molecule has 1 N–H and O–H groups in total. The van der Waals surface area contributed by atoms with Crippen molar-refractivity contribution in [2.24, 2.45) is 5.92 Å². The van der Waals surface area contributed by atoms with Gasteiger partial charge in [-0.05, 0) is 5.92 Å². The van der Waals surface area contributed by atoms with Gasteiger partial charge < -0.3 is 19.5 Å². The Morgan fingerprint density at radius 2 is 1.82 bits per heavy atom. The van der Waals surface area contributed by atoms with E-state index in [0.717, 1.165) is 0 Å². The molecule has 0 fully saturated rings. The number of amides is 1. The highest BCUT2D eigenvalue weighted by molar-refractivity contribution is 5.67. The van der Waals surface area contributed by atoms with Gasteiger partial charge in [-0.2, -0.15) is 0 Å². The number of hydrogen-bond acceptors (Lipinski definition) is 4. The van der Waals surface area contributed by atoms with Crippen molar-refractivity contribution in [3.05, 3.63) is 0 Å². The zero-order valence-corrected chi connectivity index (χ0v) is 11.7. The van der Waals surface area contributed by atoms with Crippen LogP contribution in [-0.4, -0.2) is 46.2 Å². The molecule has 0 spiro atoms. The van der Waals surface area contributed by atoms with Crippen molar-refractivity contribution >= 4 is 6.09 Å². The monoisotopic (exact) mass is 249 g/mol. The molecule has 0 aliphatic carbocycles. The van der Waals surface area contributed by atoms with E-state index in [1.54, 1.807) is 7.11 Å². The third kappa shape index (κ3) is 17.8. The number of nitrogens with one attached hydrogen (secondary N) is 1. The van der Waals surface area contributed by atoms with Crippen molar-refractivity contribution in [3.8, 4) is 0 Å². The van der Waals surface area contributed by atoms with Crippen LogP contribution in [0.4, 0.5) is 4.79 Å². The van der Waals surface area contributed by atoms with Gasteiger partial charge in [0.1, 0.15) is 0 Å². The Bertz CT molecular complexity index is 163. The predicted octanol–water partition coefficient (Wildman–Crippen LogP) is 2.06. The molecule has 104 valence electrons. The normalized spacial score (nSPS) is 9.53. The van der Waals surface area contributed by atoms with Crippen LogP contribution in [0, 0.1) is 5.92 Å². The lowest BCUT2D eigenvalue weighted by Crippen LogP contribution is -2.29. The van der Waals surface area contributed by atoms with Gasteiger partial charge in [-0.1, -0.05) is 27.7 Å². The Kier molecular flexibility index (Phi) is 16.6. The molecule has 17 heavy (non-hydrogen) atoms. The van der Waals surface area contributed by atoms with Gasteiger partial charge in [0.15, 0.2) is 0 Å². The second-order valence-electron chi connectivity index (χ2n) is 3.52. The topological polar surface area (TPSA) is 56.8 Å². The minimum absolute atomic E-state index is 0.355. The molecule has 0 saturated carbocycles. The first kappa shape index (κ1) is 18.6. The van der Waals surface area contributed by atoms with Gasteiger partial charge in [0.05, 0.1) is 26.4 Å². The quantitative estimate of drug-likeness (QED) is 0.669. The smallest absolute Gasteiger partial charge is 0.407 e. The van der Waals surface area contributed by atoms with Crippen LogP contribution < -0.4 is 5.32 Å². The number of carbonyl (C=O) groups is 1. The van der Waals surface area contributed by atoms with E-state index in [4.69, 9.17) is 14.2 Å². The van der Waals surface area contributed by atoms with Crippen molar-refractivity contribution in [3.63, 3.8) is 0 Å². The van der Waals surface area contributed by atoms with Crippen LogP contribution in [-0.2, 0) is 14.2 Å². The van der Waals surface area contributed by atoms with Gasteiger partial charge >= 0.3 is 6.09 Å². The highest BCUT2D eigenvalue weighted by atomic mass is 16.5. The van der Waals surface area contributed by atoms with E-state index in [9.17, 15) is 4.79 Å². The molecule has 0 unspecified atom stereocenters. The molecule has 1 amide bonds. The molecule has 0 aromatic rings. The zero-order valence-electron chi connectivity index (χ0n) is 11.7. The van der Waals surface area contributed by atoms with Gasteiger partial charge in [-0.3, -0.25) is 0 Å². The number of alkyl carbamates (subject to hydrolysis) is 1. The zero-order chi connectivity index (χ0) is 13.5. The summed E-state index contributed by atoms with van der Waals surface area (Å²) in [4.78, 5) is 11.0. The van der Waals surface area contributed by atoms with E-state index in [2.05, 4.69) is 5.32 Å². The number of methoxy groups -OCH3 is 1. The first-order valence-corrected chi connectivity index (χ1v) is 6.14. The molecule has 0 bridgehead atoms. The van der Waals surface area contributed by atoms with E-state index in [-0.39, 0.29) is 6.09 Å². The Balaban J connectivity index is 0. The lowest BCUT2D eigenvalue weighted by Gasteiger charge is -2.08. The molecule has 0 aromatic heterocycles. The second-order valence-corrected chi connectivity index (χ2v) is 3.52. The molecular weight excluding hydrogens is 222 g/mol. The van der Waals surface area contributed by atoms with Gasteiger partial charge in [-0.15, -0.1) is 0 Å². The molecule has 0 atom stereocenters. The van der Waals surface area contributed by atoms with Crippen LogP contribution in [0.25, 0.3) is 0 Å². The maximum absolute atomic E-state index is 11.0. The third-order valence-electron chi connectivity index (χ3n) is 1.50. The van der Waals surface area contributed by atoms with Gasteiger partial charge in [0.25, 0.3) is 0 Å². The summed E-state index contributed by atoms with van der Waals surface area (Å²) in [5, 5.41) is 2.59. The molecule has 0 rings (SSSR count). The molecule has 0 aliphatic rings. The van der Waals surface area contributed by atoms with Crippen molar-refractivity contribution in [1.29, 1.82) is 0 Å². The SMILES string of the molecule is CC.COCCOCCNC(=O)OCC(C)C. The van der Waals surface area contributed by atoms with Crippen LogP contribution in [0.15, 0.2) is 0 Å². The number of ether oxygens (including phenoxy) is 3. The number of hydrogen-bond donors (Lipinski definition) is 1. The van der Waals surface area contributed by atoms with Crippen LogP contribution in [0.5, 0.6) is 0 Å². The number of carbonyl (C=O) groups excluding carboxylic acids is 1. The minimum atomic E-state index is -0.390. The summed E-state index contributed by atoms with van der Waals surface area (Å²) < 4.78 is 14.9. The van der Waals surface area contributed by atoms with E-state index in [0.29, 0.717) is 38.9 Å². The predicted molar refractivity (Wildman–Crippen MR) is 68.2 cm³/mol. The van der Waals surface area contributed by atoms with E-state index in [1.165, 1.54) is 0 Å². The maximum Gasteiger partial charge on any atom is 0.407 e. The van der Waals surface area contributed by atoms with Crippen molar-refractivity contribution in [2.45, 2.75) is 27.7 Å². The van der Waals surface area contributed by atoms with Gasteiger partial charge in [-0.25, -0.2) is 4.79 Å². The Morgan fingerprint density at radius 1 is 1.18 bits per heavy atom. The van der Waals surface area contributed by atoms with E-state index < -0.39 is 0 Å². The molecule has 5 nitrogen and oxygen atoms in total. The summed E-state index contributed by atoms with van der Waals surface area (Å²) in [5.74, 6) is 0.355. The van der Waals surface area contributed by atoms with E-state index >= 15 is 0 Å². The fourth-order valence-electron chi connectivity index (χ4n) is 0.763. The molecule has 0 heterocycles. The maximum atomic E-state index is 11.0. The Morgan fingerprint density at radius 3 is 2.35 bits per heavy atom. The molecule has 0 aromatic carbocycles. The standard InChI is InChI=1S/C10H21NO4.C2H6/c1-9(2)8-15-10(12)11-4-5-14-7-6-13-3;1-2/h9H,4-8H2,1-3H3,(H,11,12);1-2H3. The molecule has 5 heteroatoms. The third-order valence-corrected chi connectivity index (χ3v) is 1.50. The molecular formula is C12H27NO4. The summed E-state index contributed by atoms with van der Waals surface area (Å²) in [6.45, 7) is 10.5. The summed E-state index contributed by atoms with van der Waals surface area (Å²) in [7, 11) is 1.62. The minimum Gasteiger partial charge on any atom is -0.449 e. The Labute approximate surface area is 105 Å². The van der Waals surface area contributed by atoms with Crippen molar-refractivity contribution < 1.29 is 19.0 Å². The fourth-order valence-corrected chi connectivity index (χ4v) is 0.763. The van der Waals surface area contributed by atoms with Gasteiger partial charge in [0, 0.05) is 13.7 Å². The summed E-state index contributed by atoms with van der Waals surface area (Å²) >= 11 is 0. The first-order chi connectivity index (χ1) is 8.16. The average molecular weight is 249 g/mol. The van der Waals surface area contributed by atoms with Crippen LogP contribution in [0.3, 0.4) is 0 Å². The van der Waals surface area contributed by atoms with Crippen molar-refractivity contribution in [2.75, 3.05) is 40.1 Å². The van der Waals surface area contributed by atoms with E-state index in [1.807, 2.05) is 27.7 Å². The lowest BCUT2D eigenvalue weighted by molar-refractivity contribution is 0.0701. The second kappa shape index (κ2) is 15.2. The summed E-state index contributed by atoms with van der Waals surface area (Å²) in [6.07, 6.45) is -0.390. The molecule has 0 saturated heterocycles.